The summed E-state index contributed by atoms with van der Waals surface area (Å²) in [7, 11) is 4.26. The molecule has 3 nitrogen and oxygen atoms in total. The molecule has 0 radical (unpaired) electrons. The van der Waals surface area contributed by atoms with Gasteiger partial charge in [0.1, 0.15) is 0 Å². The number of rotatable bonds is 5. The van der Waals surface area contributed by atoms with Gasteiger partial charge >= 0.3 is 0 Å². The van der Waals surface area contributed by atoms with E-state index in [4.69, 9.17) is 0 Å². The summed E-state index contributed by atoms with van der Waals surface area (Å²) in [5, 5.41) is 3.31. The summed E-state index contributed by atoms with van der Waals surface area (Å²) >= 11 is 0. The fourth-order valence-corrected chi connectivity index (χ4v) is 3.24. The van der Waals surface area contributed by atoms with Crippen LogP contribution in [0.25, 0.3) is 0 Å². The van der Waals surface area contributed by atoms with E-state index < -0.39 is 0 Å². The van der Waals surface area contributed by atoms with Crippen molar-refractivity contribution in [2.24, 2.45) is 5.41 Å². The van der Waals surface area contributed by atoms with Gasteiger partial charge in [-0.15, -0.1) is 0 Å². The second-order valence-corrected chi connectivity index (χ2v) is 6.97. The largest absolute Gasteiger partial charge is 0.319 e. The molecule has 0 aromatic carbocycles. The topological polar surface area (TPSA) is 18.5 Å². The van der Waals surface area contributed by atoms with Crippen molar-refractivity contribution in [1.82, 2.24) is 15.1 Å². The molecule has 17 heavy (non-hydrogen) atoms. The van der Waals surface area contributed by atoms with Crippen molar-refractivity contribution in [2.45, 2.75) is 39.7 Å². The third-order valence-corrected chi connectivity index (χ3v) is 3.93. The highest BCUT2D eigenvalue weighted by Gasteiger charge is 2.34. The lowest BCUT2D eigenvalue weighted by atomic mass is 9.79. The van der Waals surface area contributed by atoms with Crippen LogP contribution in [0.15, 0.2) is 0 Å². The molecule has 3 heteroatoms. The Kier molecular flexibility index (Phi) is 4.99. The maximum absolute atomic E-state index is 3.31. The van der Waals surface area contributed by atoms with Crippen molar-refractivity contribution in [3.05, 3.63) is 0 Å². The molecule has 1 N–H and O–H groups in total. The molecule has 0 unspecified atom stereocenters. The lowest BCUT2D eigenvalue weighted by molar-refractivity contribution is 0.0327. The molecule has 1 aliphatic rings. The first-order chi connectivity index (χ1) is 7.77. The fraction of sp³-hybridized carbons (Fsp3) is 1.00. The maximum Gasteiger partial charge on any atom is 0.0159 e. The molecular formula is C14H31N3. The molecule has 0 amide bonds. The standard InChI is InChI=1S/C14H31N3/c1-13(2,12-15-5)11-14(3,4)17-9-7-16(6)8-10-17/h15H,7-12H2,1-6H3. The second kappa shape index (κ2) is 5.68. The van der Waals surface area contributed by atoms with E-state index in [-0.39, 0.29) is 0 Å². The predicted molar refractivity (Wildman–Crippen MR) is 75.5 cm³/mol. The Labute approximate surface area is 108 Å². The van der Waals surface area contributed by atoms with Crippen LogP contribution in [-0.4, -0.2) is 62.2 Å². The number of hydrogen-bond donors (Lipinski definition) is 1. The average molecular weight is 241 g/mol. The highest BCUT2D eigenvalue weighted by atomic mass is 15.3. The minimum Gasteiger partial charge on any atom is -0.319 e. The van der Waals surface area contributed by atoms with E-state index >= 15 is 0 Å². The van der Waals surface area contributed by atoms with Crippen molar-refractivity contribution in [3.8, 4) is 0 Å². The Morgan fingerprint density at radius 2 is 1.53 bits per heavy atom. The minimum atomic E-state index is 0.307. The number of nitrogens with one attached hydrogen (secondary N) is 1. The summed E-state index contributed by atoms with van der Waals surface area (Å²) in [6.45, 7) is 15.4. The molecular weight excluding hydrogens is 210 g/mol. The summed E-state index contributed by atoms with van der Waals surface area (Å²) in [6.07, 6.45) is 1.24. The zero-order chi connectivity index (χ0) is 13.1. The molecule has 1 heterocycles. The molecule has 1 saturated heterocycles. The lowest BCUT2D eigenvalue weighted by Crippen LogP contribution is -2.55. The van der Waals surface area contributed by atoms with Crippen molar-refractivity contribution in [2.75, 3.05) is 46.8 Å². The zero-order valence-electron chi connectivity index (χ0n) is 12.6. The maximum atomic E-state index is 3.31. The van der Waals surface area contributed by atoms with E-state index in [9.17, 15) is 0 Å². The molecule has 1 aliphatic heterocycles. The minimum absolute atomic E-state index is 0.307. The first-order valence-electron chi connectivity index (χ1n) is 6.85. The van der Waals surface area contributed by atoms with Crippen molar-refractivity contribution < 1.29 is 0 Å². The Bertz CT molecular complexity index is 228. The molecule has 1 fully saturated rings. The Hall–Kier alpha value is -0.120. The highest BCUT2D eigenvalue weighted by Crippen LogP contribution is 2.31. The number of piperazine rings is 1. The molecule has 0 aromatic rings. The van der Waals surface area contributed by atoms with Crippen molar-refractivity contribution >= 4 is 0 Å². The van der Waals surface area contributed by atoms with Crippen LogP contribution in [0.2, 0.25) is 0 Å². The smallest absolute Gasteiger partial charge is 0.0159 e. The van der Waals surface area contributed by atoms with Crippen molar-refractivity contribution in [1.29, 1.82) is 0 Å². The molecule has 0 bridgehead atoms. The van der Waals surface area contributed by atoms with Crippen molar-refractivity contribution in [3.63, 3.8) is 0 Å². The van der Waals surface area contributed by atoms with E-state index in [1.54, 1.807) is 0 Å². The SMILES string of the molecule is CNCC(C)(C)CC(C)(C)N1CCN(C)CC1. The number of hydrogen-bond acceptors (Lipinski definition) is 3. The molecule has 0 spiro atoms. The highest BCUT2D eigenvalue weighted by molar-refractivity contribution is 4.90. The monoisotopic (exact) mass is 241 g/mol. The van der Waals surface area contributed by atoms with E-state index in [0.29, 0.717) is 11.0 Å². The molecule has 1 rings (SSSR count). The molecule has 0 aromatic heterocycles. The third kappa shape index (κ3) is 4.57. The Balaban J connectivity index is 2.55. The van der Waals surface area contributed by atoms with Crippen LogP contribution < -0.4 is 5.32 Å². The molecule has 0 aliphatic carbocycles. The van der Waals surface area contributed by atoms with Gasteiger partial charge in [0, 0.05) is 38.3 Å². The van der Waals surface area contributed by atoms with Gasteiger partial charge in [0.2, 0.25) is 0 Å². The van der Waals surface area contributed by atoms with Crippen LogP contribution in [0.1, 0.15) is 34.1 Å². The Morgan fingerprint density at radius 1 is 1.00 bits per heavy atom. The van der Waals surface area contributed by atoms with Gasteiger partial charge in [-0.05, 0) is 39.8 Å². The second-order valence-electron chi connectivity index (χ2n) is 6.97. The first-order valence-corrected chi connectivity index (χ1v) is 6.85. The summed E-state index contributed by atoms with van der Waals surface area (Å²) < 4.78 is 0. The number of nitrogens with zero attached hydrogens (tertiary/aromatic N) is 2. The Morgan fingerprint density at radius 3 is 2.00 bits per heavy atom. The summed E-state index contributed by atoms with van der Waals surface area (Å²) in [4.78, 5) is 5.08. The molecule has 102 valence electrons. The van der Waals surface area contributed by atoms with Gasteiger partial charge < -0.3 is 10.2 Å². The van der Waals surface area contributed by atoms with Gasteiger partial charge in [-0.2, -0.15) is 0 Å². The van der Waals surface area contributed by atoms with E-state index in [1.165, 1.54) is 32.6 Å². The summed E-state index contributed by atoms with van der Waals surface area (Å²) in [5.41, 5.74) is 0.670. The number of likely N-dealkylation sites (N-methyl/N-ethyl adjacent to an activating group) is 1. The average Bonchev–Trinajstić information content (AvgIpc) is 2.16. The van der Waals surface area contributed by atoms with E-state index in [0.717, 1.165) is 6.54 Å². The summed E-state index contributed by atoms with van der Waals surface area (Å²) in [6, 6.07) is 0. The van der Waals surface area contributed by atoms with Gasteiger partial charge in [-0.3, -0.25) is 4.90 Å². The quantitative estimate of drug-likeness (QED) is 0.789. The van der Waals surface area contributed by atoms with Gasteiger partial charge in [-0.25, -0.2) is 0 Å². The predicted octanol–water partition coefficient (Wildman–Crippen LogP) is 1.65. The van der Waals surface area contributed by atoms with Crippen LogP contribution in [0.5, 0.6) is 0 Å². The van der Waals surface area contributed by atoms with Gasteiger partial charge in [0.05, 0.1) is 0 Å². The van der Waals surface area contributed by atoms with Crippen LogP contribution in [0.3, 0.4) is 0 Å². The van der Waals surface area contributed by atoms with Crippen LogP contribution >= 0.6 is 0 Å². The summed E-state index contributed by atoms with van der Waals surface area (Å²) in [5.74, 6) is 0. The van der Waals surface area contributed by atoms with Gasteiger partial charge in [-0.1, -0.05) is 13.8 Å². The fourth-order valence-electron chi connectivity index (χ4n) is 3.24. The van der Waals surface area contributed by atoms with Gasteiger partial charge in [0.15, 0.2) is 0 Å². The third-order valence-electron chi connectivity index (χ3n) is 3.93. The first kappa shape index (κ1) is 14.9. The normalized spacial score (nSPS) is 20.8. The van der Waals surface area contributed by atoms with E-state index in [1.807, 2.05) is 7.05 Å². The van der Waals surface area contributed by atoms with Crippen LogP contribution in [0.4, 0.5) is 0 Å². The van der Waals surface area contributed by atoms with Gasteiger partial charge in [0.25, 0.3) is 0 Å². The molecule has 0 saturated carbocycles. The van der Waals surface area contributed by atoms with Crippen LogP contribution in [0, 0.1) is 5.41 Å². The van der Waals surface area contributed by atoms with E-state index in [2.05, 4.69) is 49.9 Å². The molecule has 0 atom stereocenters. The zero-order valence-corrected chi connectivity index (χ0v) is 12.6. The van der Waals surface area contributed by atoms with Crippen LogP contribution in [-0.2, 0) is 0 Å². The lowest BCUT2D eigenvalue weighted by Gasteiger charge is -2.46.